The molecule has 0 unspecified atom stereocenters. The van der Waals surface area contributed by atoms with Gasteiger partial charge in [0.15, 0.2) is 0 Å². The molecular formula is C20H26N4O3. The molecule has 0 aliphatic rings. The fourth-order valence-electron chi connectivity index (χ4n) is 2.60. The van der Waals surface area contributed by atoms with E-state index >= 15 is 0 Å². The molecule has 1 aromatic carbocycles. The zero-order valence-corrected chi connectivity index (χ0v) is 16.2. The van der Waals surface area contributed by atoms with Crippen molar-refractivity contribution < 1.29 is 9.59 Å². The molecular weight excluding hydrogens is 344 g/mol. The summed E-state index contributed by atoms with van der Waals surface area (Å²) in [7, 11) is 7.12. The van der Waals surface area contributed by atoms with E-state index in [0.717, 1.165) is 5.56 Å². The average Bonchev–Trinajstić information content (AvgIpc) is 2.63. The summed E-state index contributed by atoms with van der Waals surface area (Å²) in [6, 6.07) is 12.3. The smallest absolute Gasteiger partial charge is 0.253 e. The van der Waals surface area contributed by atoms with Crippen LogP contribution >= 0.6 is 0 Å². The van der Waals surface area contributed by atoms with Crippen LogP contribution in [0.15, 0.2) is 53.5 Å². The van der Waals surface area contributed by atoms with Crippen molar-refractivity contribution in [2.75, 3.05) is 34.7 Å². The maximum atomic E-state index is 12.8. The highest BCUT2D eigenvalue weighted by molar-refractivity contribution is 5.94. The molecule has 7 heteroatoms. The van der Waals surface area contributed by atoms with E-state index in [1.165, 1.54) is 27.8 Å². The van der Waals surface area contributed by atoms with E-state index in [2.05, 4.69) is 5.32 Å². The number of hydrogen-bond donors (Lipinski definition) is 1. The fourth-order valence-corrected chi connectivity index (χ4v) is 2.60. The zero-order chi connectivity index (χ0) is 20.0. The van der Waals surface area contributed by atoms with Crippen LogP contribution in [-0.2, 0) is 11.3 Å². The van der Waals surface area contributed by atoms with Gasteiger partial charge in [0.2, 0.25) is 5.91 Å². The Hall–Kier alpha value is -2.93. The first kappa shape index (κ1) is 20.4. The Morgan fingerprint density at radius 2 is 1.70 bits per heavy atom. The van der Waals surface area contributed by atoms with Gasteiger partial charge in [0.1, 0.15) is 6.54 Å². The van der Waals surface area contributed by atoms with Crippen molar-refractivity contribution in [1.82, 2.24) is 19.7 Å². The minimum atomic E-state index is -0.324. The van der Waals surface area contributed by atoms with Crippen molar-refractivity contribution in [2.24, 2.45) is 0 Å². The van der Waals surface area contributed by atoms with Crippen molar-refractivity contribution in [3.05, 3.63) is 70.1 Å². The van der Waals surface area contributed by atoms with Gasteiger partial charge in [-0.3, -0.25) is 14.4 Å². The summed E-state index contributed by atoms with van der Waals surface area (Å²) in [5.41, 5.74) is 1.01. The molecule has 7 nitrogen and oxygen atoms in total. The molecule has 2 rings (SSSR count). The van der Waals surface area contributed by atoms with Gasteiger partial charge in [-0.2, -0.15) is 0 Å². The minimum absolute atomic E-state index is 0.104. The lowest BCUT2D eigenvalue weighted by molar-refractivity contribution is -0.129. The van der Waals surface area contributed by atoms with Gasteiger partial charge in [0.25, 0.3) is 11.5 Å². The van der Waals surface area contributed by atoms with Crippen molar-refractivity contribution in [1.29, 1.82) is 0 Å². The lowest BCUT2D eigenvalue weighted by atomic mass is 10.1. The Kier molecular flexibility index (Phi) is 6.90. The fraction of sp³-hybridized carbons (Fsp3) is 0.350. The molecule has 0 aliphatic heterocycles. The Morgan fingerprint density at radius 3 is 2.30 bits per heavy atom. The molecule has 2 aromatic rings. The number of likely N-dealkylation sites (N-methyl/N-ethyl adjacent to an activating group) is 2. The van der Waals surface area contributed by atoms with Crippen molar-refractivity contribution in [2.45, 2.75) is 12.6 Å². The predicted octanol–water partition coefficient (Wildman–Crippen LogP) is 0.969. The quantitative estimate of drug-likeness (QED) is 0.788. The van der Waals surface area contributed by atoms with E-state index in [9.17, 15) is 14.4 Å². The van der Waals surface area contributed by atoms with Crippen LogP contribution in [0.5, 0.6) is 0 Å². The summed E-state index contributed by atoms with van der Waals surface area (Å²) in [4.78, 5) is 40.0. The van der Waals surface area contributed by atoms with Crippen LogP contribution in [0, 0.1) is 0 Å². The molecule has 2 amide bonds. The van der Waals surface area contributed by atoms with Crippen molar-refractivity contribution in [3.8, 4) is 0 Å². The van der Waals surface area contributed by atoms with E-state index in [0.29, 0.717) is 12.1 Å². The van der Waals surface area contributed by atoms with Crippen LogP contribution in [0.2, 0.25) is 0 Å². The van der Waals surface area contributed by atoms with Gasteiger partial charge in [0, 0.05) is 32.9 Å². The third-order valence-corrected chi connectivity index (χ3v) is 4.11. The van der Waals surface area contributed by atoms with E-state index in [1.807, 2.05) is 49.3 Å². The number of pyridine rings is 1. The molecule has 1 aromatic heterocycles. The number of amides is 2. The van der Waals surface area contributed by atoms with Crippen LogP contribution in [0.3, 0.4) is 0 Å². The molecule has 1 atom stereocenters. The molecule has 27 heavy (non-hydrogen) atoms. The Balaban J connectivity index is 2.22. The van der Waals surface area contributed by atoms with Gasteiger partial charge in [-0.15, -0.1) is 0 Å². The topological polar surface area (TPSA) is 74.6 Å². The summed E-state index contributed by atoms with van der Waals surface area (Å²) in [5, 5.41) is 3.01. The Morgan fingerprint density at radius 1 is 1.04 bits per heavy atom. The van der Waals surface area contributed by atoms with E-state index in [-0.39, 0.29) is 30.0 Å². The first-order valence-electron chi connectivity index (χ1n) is 8.69. The largest absolute Gasteiger partial charge is 0.347 e. The van der Waals surface area contributed by atoms with Crippen LogP contribution in [0.1, 0.15) is 22.0 Å². The molecule has 0 spiro atoms. The second kappa shape index (κ2) is 9.14. The Bertz CT molecular complexity index is 844. The lowest BCUT2D eigenvalue weighted by Crippen LogP contribution is -2.36. The molecule has 0 radical (unpaired) electrons. The highest BCUT2D eigenvalue weighted by atomic mass is 16.2. The number of hydrogen-bond acceptors (Lipinski definition) is 4. The third kappa shape index (κ3) is 5.79. The van der Waals surface area contributed by atoms with Crippen LogP contribution in [0.25, 0.3) is 0 Å². The summed E-state index contributed by atoms with van der Waals surface area (Å²) in [5.74, 6) is -0.513. The first-order valence-corrected chi connectivity index (χ1v) is 8.69. The third-order valence-electron chi connectivity index (χ3n) is 4.11. The standard InChI is InChI=1S/C20H26N4O3/c1-22(2)13-17(15-8-6-5-7-9-15)21-20(27)16-10-11-18(25)24(12-16)14-19(26)23(3)4/h5-12,17H,13-14H2,1-4H3,(H,21,27)/t17-/m1/s1. The van der Waals surface area contributed by atoms with Gasteiger partial charge < -0.3 is 19.7 Å². The maximum Gasteiger partial charge on any atom is 0.253 e. The normalized spacial score (nSPS) is 11.9. The molecule has 1 N–H and O–H groups in total. The molecule has 1 heterocycles. The number of nitrogens with one attached hydrogen (secondary N) is 1. The molecule has 0 fully saturated rings. The maximum absolute atomic E-state index is 12.8. The van der Waals surface area contributed by atoms with Crippen molar-refractivity contribution in [3.63, 3.8) is 0 Å². The number of benzene rings is 1. The first-order chi connectivity index (χ1) is 12.8. The molecule has 0 bridgehead atoms. The highest BCUT2D eigenvalue weighted by Crippen LogP contribution is 2.14. The highest BCUT2D eigenvalue weighted by Gasteiger charge is 2.17. The molecule has 144 valence electrons. The molecule has 0 saturated carbocycles. The van der Waals surface area contributed by atoms with Crippen LogP contribution < -0.4 is 10.9 Å². The SMILES string of the molecule is CN(C)C[C@@H](NC(=O)c1ccc(=O)n(CC(=O)N(C)C)c1)c1ccccc1. The van der Waals surface area contributed by atoms with Gasteiger partial charge in [0.05, 0.1) is 11.6 Å². The number of nitrogens with zero attached hydrogens (tertiary/aromatic N) is 3. The van der Waals surface area contributed by atoms with E-state index < -0.39 is 0 Å². The Labute approximate surface area is 159 Å². The number of carbonyl (C=O) groups is 2. The van der Waals surface area contributed by atoms with Gasteiger partial charge in [-0.05, 0) is 25.7 Å². The lowest BCUT2D eigenvalue weighted by Gasteiger charge is -2.23. The monoisotopic (exact) mass is 370 g/mol. The summed E-state index contributed by atoms with van der Waals surface area (Å²) < 4.78 is 1.25. The molecule has 0 saturated heterocycles. The molecule has 0 aliphatic carbocycles. The average molecular weight is 370 g/mol. The number of rotatable bonds is 7. The van der Waals surface area contributed by atoms with E-state index in [1.54, 1.807) is 14.1 Å². The summed E-state index contributed by atoms with van der Waals surface area (Å²) in [6.45, 7) is 0.529. The minimum Gasteiger partial charge on any atom is -0.347 e. The van der Waals surface area contributed by atoms with Crippen LogP contribution in [-0.4, -0.2) is 60.9 Å². The van der Waals surface area contributed by atoms with Crippen LogP contribution in [0.4, 0.5) is 0 Å². The van der Waals surface area contributed by atoms with Gasteiger partial charge >= 0.3 is 0 Å². The zero-order valence-electron chi connectivity index (χ0n) is 16.2. The van der Waals surface area contributed by atoms with Crippen molar-refractivity contribution >= 4 is 11.8 Å². The van der Waals surface area contributed by atoms with E-state index in [4.69, 9.17) is 0 Å². The summed E-state index contributed by atoms with van der Waals surface area (Å²) >= 11 is 0. The number of carbonyl (C=O) groups excluding carboxylic acids is 2. The second-order valence-corrected chi connectivity index (χ2v) is 6.87. The van der Waals surface area contributed by atoms with Gasteiger partial charge in [-0.25, -0.2) is 0 Å². The van der Waals surface area contributed by atoms with Gasteiger partial charge in [-0.1, -0.05) is 30.3 Å². The summed E-state index contributed by atoms with van der Waals surface area (Å²) in [6.07, 6.45) is 1.43. The number of aromatic nitrogens is 1. The second-order valence-electron chi connectivity index (χ2n) is 6.87. The predicted molar refractivity (Wildman–Crippen MR) is 105 cm³/mol.